The molecule has 0 aromatic carbocycles. The summed E-state index contributed by atoms with van der Waals surface area (Å²) >= 11 is 0. The fraction of sp³-hybridized carbons (Fsp3) is 0.667. The Bertz CT molecular complexity index is 398. The fourth-order valence-electron chi connectivity index (χ4n) is 3.31. The largest absolute Gasteiger partial charge is 0.376 e. The van der Waals surface area contributed by atoms with E-state index in [1.165, 1.54) is 12.0 Å². The molecule has 2 fully saturated rings. The molecule has 0 aliphatic carbocycles. The van der Waals surface area contributed by atoms with Crippen molar-refractivity contribution >= 4 is 0 Å². The molecule has 3 rings (SSSR count). The zero-order valence-corrected chi connectivity index (χ0v) is 11.6. The highest BCUT2D eigenvalue weighted by atomic mass is 16.5. The van der Waals surface area contributed by atoms with Gasteiger partial charge in [-0.1, -0.05) is 6.07 Å². The average molecular weight is 261 g/mol. The van der Waals surface area contributed by atoms with E-state index < -0.39 is 0 Å². The Hall–Kier alpha value is -0.970. The van der Waals surface area contributed by atoms with Gasteiger partial charge in [-0.15, -0.1) is 0 Å². The van der Waals surface area contributed by atoms with Crippen molar-refractivity contribution in [1.29, 1.82) is 0 Å². The number of pyridine rings is 1. The molecule has 0 radical (unpaired) electrons. The van der Waals surface area contributed by atoms with Gasteiger partial charge in [-0.3, -0.25) is 9.88 Å². The zero-order valence-electron chi connectivity index (χ0n) is 11.6. The number of piperidine rings is 1. The van der Waals surface area contributed by atoms with Crippen molar-refractivity contribution < 1.29 is 4.74 Å². The third-order valence-electron chi connectivity index (χ3n) is 4.35. The Morgan fingerprint density at radius 2 is 2.47 bits per heavy atom. The second-order valence-corrected chi connectivity index (χ2v) is 5.85. The number of aromatic nitrogens is 1. The Balaban J connectivity index is 1.53. The van der Waals surface area contributed by atoms with Gasteiger partial charge in [-0.25, -0.2) is 0 Å². The minimum atomic E-state index is 0.388. The number of rotatable bonds is 4. The summed E-state index contributed by atoms with van der Waals surface area (Å²) in [5.41, 5.74) is 1.27. The van der Waals surface area contributed by atoms with Gasteiger partial charge in [-0.05, 0) is 37.6 Å². The van der Waals surface area contributed by atoms with Gasteiger partial charge in [0.15, 0.2) is 0 Å². The summed E-state index contributed by atoms with van der Waals surface area (Å²) in [6, 6.07) is 4.13. The highest BCUT2D eigenvalue weighted by molar-refractivity contribution is 5.08. The molecule has 0 bridgehead atoms. The number of nitrogens with zero attached hydrogens (tertiary/aromatic N) is 2. The highest BCUT2D eigenvalue weighted by Crippen LogP contribution is 2.31. The third-order valence-corrected chi connectivity index (χ3v) is 4.35. The molecule has 3 atom stereocenters. The lowest BCUT2D eigenvalue weighted by Crippen LogP contribution is -2.42. The average Bonchev–Trinajstić information content (AvgIpc) is 2.83. The summed E-state index contributed by atoms with van der Waals surface area (Å²) in [6.45, 7) is 5.19. The van der Waals surface area contributed by atoms with Crippen molar-refractivity contribution in [2.24, 2.45) is 11.8 Å². The van der Waals surface area contributed by atoms with Gasteiger partial charge in [-0.2, -0.15) is 0 Å². The third kappa shape index (κ3) is 3.14. The van der Waals surface area contributed by atoms with Gasteiger partial charge in [0.05, 0.1) is 12.7 Å². The Labute approximate surface area is 115 Å². The summed E-state index contributed by atoms with van der Waals surface area (Å²) < 4.78 is 6.01. The molecule has 0 saturated carbocycles. The molecule has 4 nitrogen and oxygen atoms in total. The van der Waals surface area contributed by atoms with Crippen molar-refractivity contribution in [3.8, 4) is 0 Å². The monoisotopic (exact) mass is 261 g/mol. The first-order valence-electron chi connectivity index (χ1n) is 7.22. The van der Waals surface area contributed by atoms with E-state index in [1.54, 1.807) is 0 Å². The number of ether oxygens (including phenoxy) is 1. The molecular weight excluding hydrogens is 238 g/mol. The van der Waals surface area contributed by atoms with Gasteiger partial charge < -0.3 is 10.1 Å². The smallest absolute Gasteiger partial charge is 0.0745 e. The van der Waals surface area contributed by atoms with E-state index in [0.29, 0.717) is 12.0 Å². The predicted octanol–water partition coefficient (Wildman–Crippen LogP) is 1.14. The van der Waals surface area contributed by atoms with Crippen molar-refractivity contribution in [2.75, 3.05) is 33.3 Å². The van der Waals surface area contributed by atoms with Crippen LogP contribution in [0.25, 0.3) is 0 Å². The van der Waals surface area contributed by atoms with Crippen LogP contribution >= 0.6 is 0 Å². The molecule has 3 heterocycles. The number of hydrogen-bond acceptors (Lipinski definition) is 4. The first-order chi connectivity index (χ1) is 9.33. The fourth-order valence-corrected chi connectivity index (χ4v) is 3.31. The van der Waals surface area contributed by atoms with E-state index >= 15 is 0 Å². The van der Waals surface area contributed by atoms with Crippen LogP contribution in [0.1, 0.15) is 12.0 Å². The number of hydrogen-bond donors (Lipinski definition) is 1. The minimum absolute atomic E-state index is 0.388. The number of fused-ring (bicyclic) bond motifs is 1. The van der Waals surface area contributed by atoms with E-state index in [0.717, 1.165) is 38.7 Å². The lowest BCUT2D eigenvalue weighted by molar-refractivity contribution is 0.0600. The first-order valence-corrected chi connectivity index (χ1v) is 7.22. The normalized spacial score (nSPS) is 30.5. The van der Waals surface area contributed by atoms with Gasteiger partial charge >= 0.3 is 0 Å². The molecule has 1 aromatic rings. The molecule has 2 aliphatic heterocycles. The van der Waals surface area contributed by atoms with Crippen molar-refractivity contribution in [3.05, 3.63) is 30.1 Å². The molecule has 4 heteroatoms. The van der Waals surface area contributed by atoms with Crippen LogP contribution in [0.3, 0.4) is 0 Å². The summed E-state index contributed by atoms with van der Waals surface area (Å²) in [4.78, 5) is 6.51. The van der Waals surface area contributed by atoms with E-state index in [1.807, 2.05) is 18.5 Å². The van der Waals surface area contributed by atoms with Crippen LogP contribution in [0.4, 0.5) is 0 Å². The van der Waals surface area contributed by atoms with Crippen molar-refractivity contribution in [3.63, 3.8) is 0 Å². The Kier molecular flexibility index (Phi) is 4.11. The standard InChI is InChI=1S/C15H23N3O/c1-18(9-12-3-2-5-16-7-12)10-15-14-8-17-6-4-13(14)11-19-15/h2-3,5,7,13-15,17H,4,6,8-11H2,1H3/t13-,14-,15+/m0/s1. The van der Waals surface area contributed by atoms with E-state index in [4.69, 9.17) is 4.74 Å². The summed E-state index contributed by atoms with van der Waals surface area (Å²) in [7, 11) is 2.17. The van der Waals surface area contributed by atoms with Gasteiger partial charge in [0.1, 0.15) is 0 Å². The first kappa shape index (κ1) is 13.0. The molecule has 0 unspecified atom stereocenters. The maximum Gasteiger partial charge on any atom is 0.0745 e. The molecule has 0 spiro atoms. The van der Waals surface area contributed by atoms with E-state index in [2.05, 4.69) is 28.3 Å². The van der Waals surface area contributed by atoms with Gasteiger partial charge in [0.2, 0.25) is 0 Å². The molecule has 19 heavy (non-hydrogen) atoms. The van der Waals surface area contributed by atoms with Crippen LogP contribution in [-0.4, -0.2) is 49.3 Å². The number of likely N-dealkylation sites (N-methyl/N-ethyl adjacent to an activating group) is 1. The maximum atomic E-state index is 6.01. The van der Waals surface area contributed by atoms with Crippen LogP contribution in [0.15, 0.2) is 24.5 Å². The molecular formula is C15H23N3O. The second-order valence-electron chi connectivity index (χ2n) is 5.85. The quantitative estimate of drug-likeness (QED) is 0.882. The van der Waals surface area contributed by atoms with E-state index in [9.17, 15) is 0 Å². The van der Waals surface area contributed by atoms with Crippen LogP contribution < -0.4 is 5.32 Å². The lowest BCUT2D eigenvalue weighted by Gasteiger charge is -2.30. The number of nitrogens with one attached hydrogen (secondary N) is 1. The molecule has 104 valence electrons. The highest BCUT2D eigenvalue weighted by Gasteiger charge is 2.38. The van der Waals surface area contributed by atoms with Crippen LogP contribution in [0, 0.1) is 11.8 Å². The molecule has 1 aromatic heterocycles. The molecule has 2 aliphatic rings. The Morgan fingerprint density at radius 1 is 1.53 bits per heavy atom. The maximum absolute atomic E-state index is 6.01. The van der Waals surface area contributed by atoms with Crippen LogP contribution in [0.2, 0.25) is 0 Å². The molecule has 1 N–H and O–H groups in total. The van der Waals surface area contributed by atoms with Crippen molar-refractivity contribution in [1.82, 2.24) is 15.2 Å². The Morgan fingerprint density at radius 3 is 3.32 bits per heavy atom. The predicted molar refractivity (Wildman–Crippen MR) is 74.8 cm³/mol. The van der Waals surface area contributed by atoms with Crippen LogP contribution in [-0.2, 0) is 11.3 Å². The van der Waals surface area contributed by atoms with Crippen LogP contribution in [0.5, 0.6) is 0 Å². The minimum Gasteiger partial charge on any atom is -0.376 e. The zero-order chi connectivity index (χ0) is 13.1. The lowest BCUT2D eigenvalue weighted by atomic mass is 9.85. The SMILES string of the molecule is CN(Cc1cccnc1)C[C@H]1OC[C@@H]2CCNC[C@@H]21. The second kappa shape index (κ2) is 5.99. The van der Waals surface area contributed by atoms with E-state index in [-0.39, 0.29) is 0 Å². The topological polar surface area (TPSA) is 37.4 Å². The molecule has 2 saturated heterocycles. The van der Waals surface area contributed by atoms with Crippen molar-refractivity contribution in [2.45, 2.75) is 19.1 Å². The van der Waals surface area contributed by atoms with Gasteiger partial charge in [0, 0.05) is 37.9 Å². The summed E-state index contributed by atoms with van der Waals surface area (Å²) in [6.07, 6.45) is 5.42. The van der Waals surface area contributed by atoms with Gasteiger partial charge in [0.25, 0.3) is 0 Å². The summed E-state index contributed by atoms with van der Waals surface area (Å²) in [5, 5.41) is 3.50. The molecule has 0 amide bonds. The summed E-state index contributed by atoms with van der Waals surface area (Å²) in [5.74, 6) is 1.48.